The standard InChI is InChI=1S/C22H19N7O/c1-16(18-11-13-23-14-12-18)24-26-22(30)20-9-7-17(8-10-20)15-29-27-21(25-28-29)19-5-3-2-4-6-19/h2-14H,15H2,1H3,(H,26,30)/b24-16+. The summed E-state index contributed by atoms with van der Waals surface area (Å²) >= 11 is 0. The monoisotopic (exact) mass is 397 g/mol. The maximum absolute atomic E-state index is 12.3. The molecule has 0 atom stereocenters. The van der Waals surface area contributed by atoms with Crippen molar-refractivity contribution < 1.29 is 4.79 Å². The number of hydrazone groups is 1. The van der Waals surface area contributed by atoms with Gasteiger partial charge in [0.15, 0.2) is 0 Å². The van der Waals surface area contributed by atoms with Crippen LogP contribution in [-0.2, 0) is 6.54 Å². The molecule has 4 rings (SSSR count). The van der Waals surface area contributed by atoms with Crippen LogP contribution in [0.5, 0.6) is 0 Å². The highest BCUT2D eigenvalue weighted by atomic mass is 16.2. The maximum Gasteiger partial charge on any atom is 0.271 e. The molecule has 4 aromatic rings. The molecule has 8 nitrogen and oxygen atoms in total. The van der Waals surface area contributed by atoms with Crippen LogP contribution >= 0.6 is 0 Å². The van der Waals surface area contributed by atoms with Gasteiger partial charge in [-0.15, -0.1) is 10.2 Å². The third-order valence-electron chi connectivity index (χ3n) is 4.45. The van der Waals surface area contributed by atoms with Gasteiger partial charge in [-0.05, 0) is 42.0 Å². The molecule has 148 valence electrons. The number of pyridine rings is 1. The van der Waals surface area contributed by atoms with E-state index >= 15 is 0 Å². The van der Waals surface area contributed by atoms with Gasteiger partial charge < -0.3 is 0 Å². The van der Waals surface area contributed by atoms with Crippen molar-refractivity contribution in [2.75, 3.05) is 0 Å². The second-order valence-electron chi connectivity index (χ2n) is 6.58. The Morgan fingerprint density at radius 2 is 1.70 bits per heavy atom. The molecule has 2 aromatic carbocycles. The van der Waals surface area contributed by atoms with Gasteiger partial charge in [-0.25, -0.2) is 5.43 Å². The van der Waals surface area contributed by atoms with E-state index < -0.39 is 0 Å². The number of nitrogens with one attached hydrogen (secondary N) is 1. The van der Waals surface area contributed by atoms with Crippen molar-refractivity contribution in [3.05, 3.63) is 95.8 Å². The Hall–Kier alpha value is -4.20. The molecule has 0 fully saturated rings. The number of carbonyl (C=O) groups is 1. The SMILES string of the molecule is C/C(=N\NC(=O)c1ccc(Cn2nnc(-c3ccccc3)n2)cc1)c1ccncc1. The van der Waals surface area contributed by atoms with Crippen LogP contribution in [0.2, 0.25) is 0 Å². The van der Waals surface area contributed by atoms with Crippen LogP contribution in [0.1, 0.15) is 28.4 Å². The first-order valence-electron chi connectivity index (χ1n) is 9.36. The Balaban J connectivity index is 1.38. The first kappa shape index (κ1) is 19.1. The van der Waals surface area contributed by atoms with Gasteiger partial charge >= 0.3 is 0 Å². The summed E-state index contributed by atoms with van der Waals surface area (Å²) in [6, 6.07) is 20.6. The Morgan fingerprint density at radius 1 is 0.967 bits per heavy atom. The lowest BCUT2D eigenvalue weighted by atomic mass is 10.1. The molecule has 8 heteroatoms. The second-order valence-corrected chi connectivity index (χ2v) is 6.58. The lowest BCUT2D eigenvalue weighted by Crippen LogP contribution is -2.19. The molecule has 0 radical (unpaired) electrons. The number of rotatable bonds is 6. The number of nitrogens with zero attached hydrogens (tertiary/aromatic N) is 6. The zero-order valence-corrected chi connectivity index (χ0v) is 16.3. The summed E-state index contributed by atoms with van der Waals surface area (Å²) in [4.78, 5) is 17.8. The Labute approximate surface area is 173 Å². The average Bonchev–Trinajstić information content (AvgIpc) is 3.27. The van der Waals surface area contributed by atoms with Gasteiger partial charge in [0, 0.05) is 29.1 Å². The van der Waals surface area contributed by atoms with E-state index in [4.69, 9.17) is 0 Å². The maximum atomic E-state index is 12.3. The van der Waals surface area contributed by atoms with Crippen LogP contribution in [0.15, 0.2) is 84.2 Å². The Bertz CT molecular complexity index is 1150. The molecule has 0 saturated carbocycles. The van der Waals surface area contributed by atoms with Crippen molar-refractivity contribution >= 4 is 11.6 Å². The molecular weight excluding hydrogens is 378 g/mol. The summed E-state index contributed by atoms with van der Waals surface area (Å²) in [6.07, 6.45) is 3.36. The minimum absolute atomic E-state index is 0.278. The Morgan fingerprint density at radius 3 is 2.43 bits per heavy atom. The van der Waals surface area contributed by atoms with E-state index in [1.54, 1.807) is 24.5 Å². The van der Waals surface area contributed by atoms with E-state index in [0.29, 0.717) is 23.6 Å². The van der Waals surface area contributed by atoms with Crippen LogP contribution in [-0.4, -0.2) is 36.8 Å². The molecule has 0 aliphatic carbocycles. The van der Waals surface area contributed by atoms with Crippen LogP contribution in [0, 0.1) is 0 Å². The van der Waals surface area contributed by atoms with E-state index in [-0.39, 0.29) is 5.91 Å². The number of tetrazole rings is 1. The normalized spacial score (nSPS) is 11.3. The highest BCUT2D eigenvalue weighted by Crippen LogP contribution is 2.12. The number of aromatic nitrogens is 5. The molecule has 1 N–H and O–H groups in total. The first-order valence-corrected chi connectivity index (χ1v) is 9.36. The minimum atomic E-state index is -0.278. The number of amides is 1. The molecule has 1 amide bonds. The minimum Gasteiger partial charge on any atom is -0.267 e. The van der Waals surface area contributed by atoms with Crippen molar-refractivity contribution in [3.8, 4) is 11.4 Å². The van der Waals surface area contributed by atoms with Crippen molar-refractivity contribution in [1.29, 1.82) is 0 Å². The summed E-state index contributed by atoms with van der Waals surface area (Å²) in [7, 11) is 0. The molecule has 0 bridgehead atoms. The van der Waals surface area contributed by atoms with Crippen molar-refractivity contribution in [3.63, 3.8) is 0 Å². The van der Waals surface area contributed by atoms with E-state index in [0.717, 1.165) is 16.7 Å². The summed E-state index contributed by atoms with van der Waals surface area (Å²) in [5, 5.41) is 16.7. The van der Waals surface area contributed by atoms with Gasteiger partial charge in [0.1, 0.15) is 0 Å². The topological polar surface area (TPSA) is 98.0 Å². The Kier molecular flexibility index (Phi) is 5.66. The third kappa shape index (κ3) is 4.61. The van der Waals surface area contributed by atoms with Gasteiger partial charge in [-0.2, -0.15) is 9.90 Å². The van der Waals surface area contributed by atoms with Gasteiger partial charge in [0.05, 0.1) is 12.3 Å². The molecule has 0 aliphatic rings. The van der Waals surface area contributed by atoms with Crippen LogP contribution in [0.3, 0.4) is 0 Å². The van der Waals surface area contributed by atoms with Crippen molar-refractivity contribution in [1.82, 2.24) is 30.6 Å². The molecule has 2 aromatic heterocycles. The second kappa shape index (κ2) is 8.87. The molecule has 2 heterocycles. The number of carbonyl (C=O) groups excluding carboxylic acids is 1. The molecule has 0 saturated heterocycles. The van der Waals surface area contributed by atoms with Gasteiger partial charge in [0.2, 0.25) is 5.82 Å². The van der Waals surface area contributed by atoms with E-state index in [2.05, 4.69) is 30.9 Å². The van der Waals surface area contributed by atoms with Crippen molar-refractivity contribution in [2.24, 2.45) is 5.10 Å². The third-order valence-corrected chi connectivity index (χ3v) is 4.45. The largest absolute Gasteiger partial charge is 0.271 e. The lowest BCUT2D eigenvalue weighted by Gasteiger charge is -2.04. The van der Waals surface area contributed by atoms with Gasteiger partial charge in [-0.1, -0.05) is 42.5 Å². The van der Waals surface area contributed by atoms with Crippen LogP contribution in [0.25, 0.3) is 11.4 Å². The van der Waals surface area contributed by atoms with Crippen LogP contribution in [0.4, 0.5) is 0 Å². The zero-order chi connectivity index (χ0) is 20.8. The fraction of sp³-hybridized carbons (Fsp3) is 0.0909. The predicted molar refractivity (Wildman–Crippen MR) is 113 cm³/mol. The van der Waals surface area contributed by atoms with Gasteiger partial charge in [-0.3, -0.25) is 9.78 Å². The fourth-order valence-electron chi connectivity index (χ4n) is 2.79. The van der Waals surface area contributed by atoms with E-state index in [1.165, 1.54) is 4.80 Å². The highest BCUT2D eigenvalue weighted by molar-refractivity contribution is 6.00. The summed E-state index contributed by atoms with van der Waals surface area (Å²) in [5.41, 5.74) is 6.57. The summed E-state index contributed by atoms with van der Waals surface area (Å²) in [6.45, 7) is 2.29. The molecule has 0 unspecified atom stereocenters. The van der Waals surface area contributed by atoms with E-state index in [9.17, 15) is 4.79 Å². The average molecular weight is 397 g/mol. The van der Waals surface area contributed by atoms with Gasteiger partial charge in [0.25, 0.3) is 5.91 Å². The fourth-order valence-corrected chi connectivity index (χ4v) is 2.79. The van der Waals surface area contributed by atoms with Crippen LogP contribution < -0.4 is 5.43 Å². The number of hydrogen-bond acceptors (Lipinski definition) is 6. The van der Waals surface area contributed by atoms with Crippen molar-refractivity contribution in [2.45, 2.75) is 13.5 Å². The molecule has 0 spiro atoms. The summed E-state index contributed by atoms with van der Waals surface area (Å²) < 4.78 is 0. The molecular formula is C22H19N7O. The summed E-state index contributed by atoms with van der Waals surface area (Å²) in [5.74, 6) is 0.300. The number of benzene rings is 2. The molecule has 30 heavy (non-hydrogen) atoms. The lowest BCUT2D eigenvalue weighted by molar-refractivity contribution is 0.0955. The molecule has 0 aliphatic heterocycles. The smallest absolute Gasteiger partial charge is 0.267 e. The quantitative estimate of drug-likeness (QED) is 0.398. The number of hydrogen-bond donors (Lipinski definition) is 1. The highest BCUT2D eigenvalue weighted by Gasteiger charge is 2.08. The van der Waals surface area contributed by atoms with E-state index in [1.807, 2.05) is 61.5 Å². The predicted octanol–water partition coefficient (Wildman–Crippen LogP) is 2.94. The first-order chi connectivity index (χ1) is 14.7. The zero-order valence-electron chi connectivity index (χ0n) is 16.3.